The highest BCUT2D eigenvalue weighted by molar-refractivity contribution is 7.91. The number of aromatic hydroxyl groups is 1. The van der Waals surface area contributed by atoms with Crippen LogP contribution in [0.4, 0.5) is 5.82 Å². The summed E-state index contributed by atoms with van der Waals surface area (Å²) in [6.45, 7) is 5.09. The molecule has 3 N–H and O–H groups in total. The molecule has 32 heavy (non-hydrogen) atoms. The Morgan fingerprint density at radius 2 is 1.81 bits per heavy atom. The lowest BCUT2D eigenvalue weighted by Crippen LogP contribution is -2.60. The molecule has 0 saturated heterocycles. The fourth-order valence-corrected chi connectivity index (χ4v) is 5.09. The van der Waals surface area contributed by atoms with E-state index >= 15 is 0 Å². The second-order valence-corrected chi connectivity index (χ2v) is 10.5. The SMILES string of the molecule is CC1(C)Oc2ccc(S(=O)(=O)c3cccc(O)c3)cc2[C@@H](Nc2ccnc(Cl)n2)[C@]1(C)O. The maximum absolute atomic E-state index is 13.2. The number of halogens is 1. The van der Waals surface area contributed by atoms with Gasteiger partial charge < -0.3 is 20.3 Å². The minimum absolute atomic E-state index is 0.00604. The number of ether oxygens (including phenoxy) is 1. The molecule has 1 aliphatic heterocycles. The summed E-state index contributed by atoms with van der Waals surface area (Å²) in [4.78, 5) is 7.93. The minimum atomic E-state index is -3.94. The van der Waals surface area contributed by atoms with E-state index in [1.165, 1.54) is 42.6 Å². The Balaban J connectivity index is 1.85. The summed E-state index contributed by atoms with van der Waals surface area (Å²) in [6.07, 6.45) is 1.47. The lowest BCUT2D eigenvalue weighted by Gasteiger charge is -2.49. The first-order valence-corrected chi connectivity index (χ1v) is 11.6. The van der Waals surface area contributed by atoms with Crippen LogP contribution < -0.4 is 10.1 Å². The first-order valence-electron chi connectivity index (χ1n) is 9.76. The largest absolute Gasteiger partial charge is 0.508 e. The van der Waals surface area contributed by atoms with E-state index in [2.05, 4.69) is 15.3 Å². The zero-order chi connectivity index (χ0) is 23.3. The molecular weight excluding hydrogens is 454 g/mol. The van der Waals surface area contributed by atoms with Crippen LogP contribution in [0.5, 0.6) is 11.5 Å². The number of aliphatic hydroxyl groups is 1. The van der Waals surface area contributed by atoms with Gasteiger partial charge in [-0.15, -0.1) is 0 Å². The molecule has 2 aromatic carbocycles. The molecule has 10 heteroatoms. The molecule has 0 spiro atoms. The standard InChI is InChI=1S/C22H22ClN3O5S/c1-21(2)22(3,28)19(25-18-9-10-24-20(23)26-18)16-12-15(7-8-17(16)31-21)32(29,30)14-6-4-5-13(27)11-14/h4-12,19,27-28H,1-3H3,(H,24,25,26)/t19-,22+/m1/s1. The number of hydrogen-bond donors (Lipinski definition) is 3. The first kappa shape index (κ1) is 22.3. The van der Waals surface area contributed by atoms with Crippen molar-refractivity contribution < 1.29 is 23.4 Å². The summed E-state index contributed by atoms with van der Waals surface area (Å²) in [5, 5.41) is 24.3. The summed E-state index contributed by atoms with van der Waals surface area (Å²) in [5.41, 5.74) is -2.05. The summed E-state index contributed by atoms with van der Waals surface area (Å²) in [6, 6.07) is 10.7. The molecule has 0 aliphatic carbocycles. The number of rotatable bonds is 4. The van der Waals surface area contributed by atoms with Crippen molar-refractivity contribution in [1.29, 1.82) is 0 Å². The third kappa shape index (κ3) is 3.76. The van der Waals surface area contributed by atoms with E-state index < -0.39 is 27.1 Å². The Hall–Kier alpha value is -2.88. The van der Waals surface area contributed by atoms with Crippen molar-refractivity contribution in [2.75, 3.05) is 5.32 Å². The Kier molecular flexibility index (Phi) is 5.31. The molecular formula is C22H22ClN3O5S. The minimum Gasteiger partial charge on any atom is -0.508 e. The van der Waals surface area contributed by atoms with E-state index in [4.69, 9.17) is 16.3 Å². The monoisotopic (exact) mass is 475 g/mol. The van der Waals surface area contributed by atoms with Gasteiger partial charge in [0.1, 0.15) is 28.5 Å². The predicted octanol–water partition coefficient (Wildman–Crippen LogP) is 3.74. The third-order valence-electron chi connectivity index (χ3n) is 5.80. The van der Waals surface area contributed by atoms with Crippen molar-refractivity contribution in [2.24, 2.45) is 0 Å². The van der Waals surface area contributed by atoms with E-state index in [0.717, 1.165) is 0 Å². The first-order chi connectivity index (χ1) is 14.9. The number of phenols is 1. The van der Waals surface area contributed by atoms with Gasteiger partial charge in [-0.05, 0) is 74.8 Å². The third-order valence-corrected chi connectivity index (χ3v) is 7.73. The molecule has 168 valence electrons. The fourth-order valence-electron chi connectivity index (χ4n) is 3.61. The molecule has 0 bridgehead atoms. The van der Waals surface area contributed by atoms with Gasteiger partial charge in [-0.1, -0.05) is 6.07 Å². The smallest absolute Gasteiger partial charge is 0.224 e. The van der Waals surface area contributed by atoms with Crippen molar-refractivity contribution in [3.8, 4) is 11.5 Å². The number of sulfone groups is 1. The number of fused-ring (bicyclic) bond motifs is 1. The molecule has 1 aromatic heterocycles. The number of benzene rings is 2. The zero-order valence-corrected chi connectivity index (χ0v) is 19.1. The van der Waals surface area contributed by atoms with Crippen LogP contribution in [-0.2, 0) is 9.84 Å². The second kappa shape index (κ2) is 7.61. The molecule has 3 aromatic rings. The van der Waals surface area contributed by atoms with Crippen LogP contribution in [0.2, 0.25) is 5.28 Å². The molecule has 0 amide bonds. The van der Waals surface area contributed by atoms with E-state index in [1.54, 1.807) is 32.9 Å². The molecule has 0 fully saturated rings. The highest BCUT2D eigenvalue weighted by atomic mass is 35.5. The lowest BCUT2D eigenvalue weighted by atomic mass is 9.75. The topological polar surface area (TPSA) is 122 Å². The maximum Gasteiger partial charge on any atom is 0.224 e. The number of phenolic OH excluding ortho intramolecular Hbond substituents is 1. The number of aromatic nitrogens is 2. The fraction of sp³-hybridized carbons (Fsp3) is 0.273. The molecule has 4 rings (SSSR count). The van der Waals surface area contributed by atoms with Gasteiger partial charge in [0, 0.05) is 11.8 Å². The molecule has 2 heterocycles. The van der Waals surface area contributed by atoms with E-state index in [1.807, 2.05) is 0 Å². The van der Waals surface area contributed by atoms with Gasteiger partial charge in [0.25, 0.3) is 0 Å². The van der Waals surface area contributed by atoms with Crippen LogP contribution >= 0.6 is 11.6 Å². The van der Waals surface area contributed by atoms with Crippen LogP contribution in [0.25, 0.3) is 0 Å². The Morgan fingerprint density at radius 3 is 2.50 bits per heavy atom. The normalized spacial score (nSPS) is 22.0. The van der Waals surface area contributed by atoms with Crippen LogP contribution in [0.15, 0.2) is 64.5 Å². The van der Waals surface area contributed by atoms with Gasteiger partial charge >= 0.3 is 0 Å². The van der Waals surface area contributed by atoms with Crippen molar-refractivity contribution in [1.82, 2.24) is 9.97 Å². The van der Waals surface area contributed by atoms with Crippen molar-refractivity contribution in [3.05, 3.63) is 65.6 Å². The highest BCUT2D eigenvalue weighted by Gasteiger charge is 2.53. The van der Waals surface area contributed by atoms with Gasteiger partial charge in [0.2, 0.25) is 15.1 Å². The van der Waals surface area contributed by atoms with Crippen LogP contribution in [0.3, 0.4) is 0 Å². The Bertz CT molecular complexity index is 1290. The average molecular weight is 476 g/mol. The quantitative estimate of drug-likeness (QED) is 0.488. The van der Waals surface area contributed by atoms with Gasteiger partial charge in [-0.2, -0.15) is 0 Å². The molecule has 2 atom stereocenters. The predicted molar refractivity (Wildman–Crippen MR) is 119 cm³/mol. The van der Waals surface area contributed by atoms with Crippen molar-refractivity contribution in [2.45, 2.75) is 47.8 Å². The second-order valence-electron chi connectivity index (χ2n) is 8.25. The van der Waals surface area contributed by atoms with Gasteiger partial charge in [0.15, 0.2) is 0 Å². The number of anilines is 1. The van der Waals surface area contributed by atoms with Crippen LogP contribution in [0.1, 0.15) is 32.4 Å². The zero-order valence-electron chi connectivity index (χ0n) is 17.6. The number of hydrogen-bond acceptors (Lipinski definition) is 8. The van der Waals surface area contributed by atoms with Gasteiger partial charge in [-0.3, -0.25) is 0 Å². The van der Waals surface area contributed by atoms with E-state index in [-0.39, 0.29) is 20.8 Å². The van der Waals surface area contributed by atoms with Crippen molar-refractivity contribution in [3.63, 3.8) is 0 Å². The lowest BCUT2D eigenvalue weighted by molar-refractivity contribution is -0.128. The Labute approximate surface area is 190 Å². The molecule has 1 aliphatic rings. The highest BCUT2D eigenvalue weighted by Crippen LogP contribution is 2.48. The van der Waals surface area contributed by atoms with Gasteiger partial charge in [-0.25, -0.2) is 18.4 Å². The summed E-state index contributed by atoms with van der Waals surface area (Å²) in [7, 11) is -3.94. The average Bonchev–Trinajstić information content (AvgIpc) is 2.71. The van der Waals surface area contributed by atoms with Crippen LogP contribution in [-0.4, -0.2) is 39.8 Å². The van der Waals surface area contributed by atoms with E-state index in [0.29, 0.717) is 17.1 Å². The summed E-state index contributed by atoms with van der Waals surface area (Å²) in [5.74, 6) is 0.631. The number of nitrogens with zero attached hydrogens (tertiary/aromatic N) is 2. The molecule has 8 nitrogen and oxygen atoms in total. The summed E-state index contributed by atoms with van der Waals surface area (Å²) >= 11 is 5.91. The van der Waals surface area contributed by atoms with Gasteiger partial charge in [0.05, 0.1) is 15.8 Å². The van der Waals surface area contributed by atoms with Crippen molar-refractivity contribution >= 4 is 27.3 Å². The summed E-state index contributed by atoms with van der Waals surface area (Å²) < 4.78 is 32.4. The van der Waals surface area contributed by atoms with Crippen LogP contribution in [0, 0.1) is 0 Å². The molecule has 0 radical (unpaired) electrons. The van der Waals surface area contributed by atoms with E-state index in [9.17, 15) is 18.6 Å². The maximum atomic E-state index is 13.2. The molecule has 0 saturated carbocycles. The molecule has 0 unspecified atom stereocenters. The number of nitrogens with one attached hydrogen (secondary N) is 1. The Morgan fingerprint density at radius 1 is 1.09 bits per heavy atom.